The average molecular weight is 358 g/mol. The maximum atomic E-state index is 13.0. The first-order valence-electron chi connectivity index (χ1n) is 10.0. The van der Waals surface area contributed by atoms with Crippen LogP contribution < -0.4 is 0 Å². The molecule has 5 nitrogen and oxygen atoms in total. The van der Waals surface area contributed by atoms with Gasteiger partial charge in [-0.15, -0.1) is 0 Å². The Kier molecular flexibility index (Phi) is 5.46. The molecule has 5 heteroatoms. The van der Waals surface area contributed by atoms with E-state index >= 15 is 0 Å². The molecule has 26 heavy (non-hydrogen) atoms. The minimum absolute atomic E-state index is 0.191. The summed E-state index contributed by atoms with van der Waals surface area (Å²) in [4.78, 5) is 17.0. The number of hydrogen-bond donors (Lipinski definition) is 0. The lowest BCUT2D eigenvalue weighted by molar-refractivity contribution is -0.161. The van der Waals surface area contributed by atoms with Gasteiger partial charge in [0.1, 0.15) is 5.60 Å². The third kappa shape index (κ3) is 4.04. The molecule has 1 aromatic carbocycles. The first-order chi connectivity index (χ1) is 12.7. The fraction of sp³-hybridized carbons (Fsp3) is 0.667. The Morgan fingerprint density at radius 2 is 1.88 bits per heavy atom. The molecule has 1 spiro atoms. The number of carbonyl (C=O) groups is 1. The summed E-state index contributed by atoms with van der Waals surface area (Å²) in [5.41, 5.74) is 1.14. The zero-order valence-electron chi connectivity index (χ0n) is 15.6. The first kappa shape index (κ1) is 17.8. The Morgan fingerprint density at radius 3 is 2.62 bits per heavy atom. The third-order valence-corrected chi connectivity index (χ3v) is 6.06. The number of rotatable bonds is 2. The van der Waals surface area contributed by atoms with Gasteiger partial charge < -0.3 is 19.3 Å². The highest BCUT2D eigenvalue weighted by molar-refractivity contribution is 5.74. The van der Waals surface area contributed by atoms with Crippen LogP contribution >= 0.6 is 0 Å². The molecule has 0 aliphatic carbocycles. The van der Waals surface area contributed by atoms with Crippen molar-refractivity contribution in [3.05, 3.63) is 35.9 Å². The van der Waals surface area contributed by atoms with E-state index in [4.69, 9.17) is 9.47 Å². The number of likely N-dealkylation sites (tertiary alicyclic amines) is 1. The number of nitrogens with zero attached hydrogens (tertiary/aromatic N) is 2. The second-order valence-corrected chi connectivity index (χ2v) is 8.01. The summed E-state index contributed by atoms with van der Waals surface area (Å²) in [6.07, 6.45) is 5.34. The Morgan fingerprint density at radius 1 is 1.08 bits per heavy atom. The van der Waals surface area contributed by atoms with Crippen LogP contribution in [-0.4, -0.2) is 67.4 Å². The molecule has 3 aliphatic rings. The van der Waals surface area contributed by atoms with E-state index in [2.05, 4.69) is 30.3 Å². The highest BCUT2D eigenvalue weighted by Crippen LogP contribution is 2.29. The molecule has 0 aromatic heterocycles. The van der Waals surface area contributed by atoms with Gasteiger partial charge in [-0.05, 0) is 43.6 Å². The van der Waals surface area contributed by atoms with E-state index < -0.39 is 0 Å². The molecular formula is C21H30N2O3. The van der Waals surface area contributed by atoms with E-state index in [9.17, 15) is 4.79 Å². The normalized spacial score (nSPS) is 27.7. The number of amides is 2. The Labute approximate surface area is 156 Å². The lowest BCUT2D eigenvalue weighted by atomic mass is 9.90. The van der Waals surface area contributed by atoms with Crippen LogP contribution in [-0.2, 0) is 15.9 Å². The summed E-state index contributed by atoms with van der Waals surface area (Å²) < 4.78 is 11.7. The number of benzene rings is 1. The van der Waals surface area contributed by atoms with E-state index in [1.807, 2.05) is 9.80 Å². The molecule has 2 amide bonds. The van der Waals surface area contributed by atoms with Crippen molar-refractivity contribution in [2.75, 3.05) is 46.0 Å². The van der Waals surface area contributed by atoms with Crippen molar-refractivity contribution in [1.29, 1.82) is 0 Å². The molecule has 0 radical (unpaired) electrons. The van der Waals surface area contributed by atoms with Gasteiger partial charge in [0, 0.05) is 26.2 Å². The standard InChI is InChI=1S/C21H30N2O3/c24-20(23-12-14-26-21(16-23)9-4-13-25-17-21)22-10-7-19(8-11-22)15-18-5-2-1-3-6-18/h1-3,5-6,19H,4,7-17H2/t21-/m0/s1. The molecule has 3 saturated heterocycles. The molecule has 3 fully saturated rings. The van der Waals surface area contributed by atoms with Gasteiger partial charge in [0.15, 0.2) is 0 Å². The quantitative estimate of drug-likeness (QED) is 0.816. The molecule has 0 bridgehead atoms. The van der Waals surface area contributed by atoms with E-state index in [0.717, 1.165) is 51.8 Å². The topological polar surface area (TPSA) is 42.0 Å². The van der Waals surface area contributed by atoms with Gasteiger partial charge in [-0.25, -0.2) is 4.79 Å². The highest BCUT2D eigenvalue weighted by atomic mass is 16.5. The van der Waals surface area contributed by atoms with Gasteiger partial charge in [0.2, 0.25) is 0 Å². The fourth-order valence-corrected chi connectivity index (χ4v) is 4.55. The SMILES string of the molecule is O=C(N1CCC(Cc2ccccc2)CC1)N1CCO[C@@]2(CCCOC2)C1. The van der Waals surface area contributed by atoms with E-state index in [-0.39, 0.29) is 11.6 Å². The summed E-state index contributed by atoms with van der Waals surface area (Å²) in [5, 5.41) is 0. The van der Waals surface area contributed by atoms with Gasteiger partial charge in [-0.3, -0.25) is 0 Å². The summed E-state index contributed by atoms with van der Waals surface area (Å²) in [6.45, 7) is 5.18. The predicted octanol–water partition coefficient (Wildman–Crippen LogP) is 2.94. The van der Waals surface area contributed by atoms with Crippen LogP contribution in [0.15, 0.2) is 30.3 Å². The van der Waals surface area contributed by atoms with Crippen LogP contribution in [0, 0.1) is 5.92 Å². The molecule has 3 heterocycles. The van der Waals surface area contributed by atoms with Crippen LogP contribution in [0.2, 0.25) is 0 Å². The van der Waals surface area contributed by atoms with Crippen molar-refractivity contribution in [2.45, 2.75) is 37.7 Å². The molecule has 3 aliphatic heterocycles. The van der Waals surface area contributed by atoms with Crippen molar-refractivity contribution < 1.29 is 14.3 Å². The van der Waals surface area contributed by atoms with Crippen LogP contribution in [0.3, 0.4) is 0 Å². The van der Waals surface area contributed by atoms with Crippen LogP contribution in [0.4, 0.5) is 4.79 Å². The largest absolute Gasteiger partial charge is 0.378 e. The van der Waals surface area contributed by atoms with Gasteiger partial charge in [-0.1, -0.05) is 30.3 Å². The molecule has 4 rings (SSSR count). The van der Waals surface area contributed by atoms with Crippen molar-refractivity contribution in [2.24, 2.45) is 5.92 Å². The molecule has 1 atom stereocenters. The molecule has 0 N–H and O–H groups in total. The summed E-state index contributed by atoms with van der Waals surface area (Å²) >= 11 is 0. The number of ether oxygens (including phenoxy) is 2. The number of urea groups is 1. The minimum atomic E-state index is -0.266. The summed E-state index contributed by atoms with van der Waals surface area (Å²) in [7, 11) is 0. The Hall–Kier alpha value is -1.59. The smallest absolute Gasteiger partial charge is 0.320 e. The maximum absolute atomic E-state index is 13.0. The van der Waals surface area contributed by atoms with Crippen molar-refractivity contribution in [1.82, 2.24) is 9.80 Å². The van der Waals surface area contributed by atoms with Crippen molar-refractivity contribution in [3.8, 4) is 0 Å². The molecule has 1 aromatic rings. The molecule has 0 unspecified atom stereocenters. The Balaban J connectivity index is 1.29. The Bertz CT molecular complexity index is 587. The number of piperidine rings is 1. The van der Waals surface area contributed by atoms with Crippen molar-refractivity contribution >= 4 is 6.03 Å². The van der Waals surface area contributed by atoms with Crippen molar-refractivity contribution in [3.63, 3.8) is 0 Å². The lowest BCUT2D eigenvalue weighted by Gasteiger charge is -2.46. The molecular weight excluding hydrogens is 328 g/mol. The second kappa shape index (κ2) is 7.97. The number of hydrogen-bond acceptors (Lipinski definition) is 3. The van der Waals surface area contributed by atoms with E-state index in [1.165, 1.54) is 5.56 Å². The maximum Gasteiger partial charge on any atom is 0.320 e. The van der Waals surface area contributed by atoms with E-state index in [0.29, 0.717) is 32.2 Å². The highest BCUT2D eigenvalue weighted by Gasteiger charge is 2.41. The zero-order chi connectivity index (χ0) is 17.8. The lowest BCUT2D eigenvalue weighted by Crippen LogP contribution is -2.60. The summed E-state index contributed by atoms with van der Waals surface area (Å²) in [6, 6.07) is 10.9. The fourth-order valence-electron chi connectivity index (χ4n) is 4.55. The van der Waals surface area contributed by atoms with Crippen LogP contribution in [0.25, 0.3) is 0 Å². The van der Waals surface area contributed by atoms with Gasteiger partial charge >= 0.3 is 6.03 Å². The second-order valence-electron chi connectivity index (χ2n) is 8.01. The minimum Gasteiger partial charge on any atom is -0.378 e. The van der Waals surface area contributed by atoms with Gasteiger partial charge in [-0.2, -0.15) is 0 Å². The number of morpholine rings is 1. The number of carbonyl (C=O) groups excluding carboxylic acids is 1. The van der Waals surface area contributed by atoms with Crippen LogP contribution in [0.5, 0.6) is 0 Å². The van der Waals surface area contributed by atoms with Crippen LogP contribution in [0.1, 0.15) is 31.2 Å². The third-order valence-electron chi connectivity index (χ3n) is 6.06. The zero-order valence-corrected chi connectivity index (χ0v) is 15.6. The molecule has 142 valence electrons. The van der Waals surface area contributed by atoms with E-state index in [1.54, 1.807) is 0 Å². The van der Waals surface area contributed by atoms with Gasteiger partial charge in [0.05, 0.1) is 19.8 Å². The predicted molar refractivity (Wildman–Crippen MR) is 100 cm³/mol. The van der Waals surface area contributed by atoms with Gasteiger partial charge in [0.25, 0.3) is 0 Å². The average Bonchev–Trinajstić information content (AvgIpc) is 2.69. The molecule has 0 saturated carbocycles. The summed E-state index contributed by atoms with van der Waals surface area (Å²) in [5.74, 6) is 0.684. The monoisotopic (exact) mass is 358 g/mol. The first-order valence-corrected chi connectivity index (χ1v) is 10.0.